The lowest BCUT2D eigenvalue weighted by atomic mass is 10.0. The van der Waals surface area contributed by atoms with Gasteiger partial charge in [0.15, 0.2) is 0 Å². The third kappa shape index (κ3) is 7.11. The third-order valence-electron chi connectivity index (χ3n) is 6.19. The number of carbonyl (C=O) groups excluding carboxylic acids is 1. The van der Waals surface area contributed by atoms with Gasteiger partial charge in [-0.3, -0.25) is 0 Å². The number of amides is 1. The van der Waals surface area contributed by atoms with Crippen LogP contribution in [0.25, 0.3) is 0 Å². The SMILES string of the molecule is O=C(OC1C=CCCOCCCCCC1)N1CCC(N2CCCCC2)CC1. The van der Waals surface area contributed by atoms with Crippen LogP contribution in [-0.2, 0) is 9.47 Å². The summed E-state index contributed by atoms with van der Waals surface area (Å²) in [5, 5.41) is 0. The molecule has 0 saturated carbocycles. The first kappa shape index (κ1) is 20.7. The predicted molar refractivity (Wildman–Crippen MR) is 108 cm³/mol. The summed E-state index contributed by atoms with van der Waals surface area (Å²) in [5.74, 6) is 0. The summed E-state index contributed by atoms with van der Waals surface area (Å²) >= 11 is 0. The van der Waals surface area contributed by atoms with Crippen molar-refractivity contribution in [1.29, 1.82) is 0 Å². The Labute approximate surface area is 165 Å². The molecule has 3 rings (SSSR count). The smallest absolute Gasteiger partial charge is 0.410 e. The van der Waals surface area contributed by atoms with Gasteiger partial charge in [0.05, 0.1) is 6.61 Å². The molecule has 0 radical (unpaired) electrons. The summed E-state index contributed by atoms with van der Waals surface area (Å²) in [7, 11) is 0. The van der Waals surface area contributed by atoms with Crippen LogP contribution in [0.1, 0.15) is 70.6 Å². The summed E-state index contributed by atoms with van der Waals surface area (Å²) < 4.78 is 11.5. The number of rotatable bonds is 2. The Morgan fingerprint density at radius 2 is 1.59 bits per heavy atom. The Balaban J connectivity index is 1.43. The maximum atomic E-state index is 12.7. The molecule has 0 aliphatic carbocycles. The quantitative estimate of drug-likeness (QED) is 0.669. The van der Waals surface area contributed by atoms with E-state index in [2.05, 4.69) is 17.1 Å². The van der Waals surface area contributed by atoms with Gasteiger partial charge in [-0.05, 0) is 70.5 Å². The Morgan fingerprint density at radius 3 is 2.41 bits per heavy atom. The van der Waals surface area contributed by atoms with Gasteiger partial charge in [-0.25, -0.2) is 4.79 Å². The predicted octanol–water partition coefficient (Wildman–Crippen LogP) is 4.37. The minimum atomic E-state index is -0.120. The fraction of sp³-hybridized carbons (Fsp3) is 0.864. The molecule has 0 aromatic heterocycles. The fourth-order valence-electron chi connectivity index (χ4n) is 4.50. The van der Waals surface area contributed by atoms with Gasteiger partial charge in [-0.1, -0.05) is 25.3 Å². The molecule has 2 saturated heterocycles. The lowest BCUT2D eigenvalue weighted by Gasteiger charge is -2.40. The van der Waals surface area contributed by atoms with Gasteiger partial charge in [0.1, 0.15) is 6.10 Å². The first-order valence-corrected chi connectivity index (χ1v) is 11.3. The first-order chi connectivity index (χ1) is 13.3. The zero-order valence-corrected chi connectivity index (χ0v) is 16.9. The number of hydrogen-bond donors (Lipinski definition) is 0. The van der Waals surface area contributed by atoms with Gasteiger partial charge in [-0.2, -0.15) is 0 Å². The molecule has 3 heterocycles. The number of ether oxygens (including phenoxy) is 2. The number of hydrogen-bond acceptors (Lipinski definition) is 4. The number of nitrogens with zero attached hydrogens (tertiary/aromatic N) is 2. The molecule has 1 atom stereocenters. The minimum Gasteiger partial charge on any atom is -0.442 e. The zero-order valence-electron chi connectivity index (χ0n) is 16.9. The lowest BCUT2D eigenvalue weighted by Crippen LogP contribution is -2.48. The molecule has 0 aromatic carbocycles. The van der Waals surface area contributed by atoms with Crippen LogP contribution < -0.4 is 0 Å². The van der Waals surface area contributed by atoms with Crippen LogP contribution >= 0.6 is 0 Å². The van der Waals surface area contributed by atoms with E-state index in [9.17, 15) is 4.79 Å². The molecule has 27 heavy (non-hydrogen) atoms. The van der Waals surface area contributed by atoms with Crippen LogP contribution in [0.15, 0.2) is 12.2 Å². The van der Waals surface area contributed by atoms with Gasteiger partial charge in [-0.15, -0.1) is 0 Å². The van der Waals surface area contributed by atoms with Crippen LogP contribution in [0, 0.1) is 0 Å². The van der Waals surface area contributed by atoms with E-state index in [1.54, 1.807) is 0 Å². The molecule has 3 aliphatic rings. The number of likely N-dealkylation sites (tertiary alicyclic amines) is 2. The second-order valence-electron chi connectivity index (χ2n) is 8.27. The van der Waals surface area contributed by atoms with Crippen LogP contribution in [0.4, 0.5) is 4.79 Å². The van der Waals surface area contributed by atoms with E-state index in [1.165, 1.54) is 45.2 Å². The molecule has 1 amide bonds. The van der Waals surface area contributed by atoms with Crippen LogP contribution in [0.2, 0.25) is 0 Å². The maximum Gasteiger partial charge on any atom is 0.410 e. The van der Waals surface area contributed by atoms with Crippen molar-refractivity contribution in [3.05, 3.63) is 12.2 Å². The van der Waals surface area contributed by atoms with E-state index in [1.807, 2.05) is 4.90 Å². The summed E-state index contributed by atoms with van der Waals surface area (Å²) in [6.45, 7) is 5.80. The van der Waals surface area contributed by atoms with E-state index in [4.69, 9.17) is 9.47 Å². The van der Waals surface area contributed by atoms with Crippen molar-refractivity contribution in [2.75, 3.05) is 39.4 Å². The highest BCUT2D eigenvalue weighted by atomic mass is 16.6. The summed E-state index contributed by atoms with van der Waals surface area (Å²) in [6.07, 6.45) is 16.7. The summed E-state index contributed by atoms with van der Waals surface area (Å²) in [5.41, 5.74) is 0. The topological polar surface area (TPSA) is 42.0 Å². The van der Waals surface area contributed by atoms with Gasteiger partial charge in [0.2, 0.25) is 0 Å². The van der Waals surface area contributed by atoms with Crippen molar-refractivity contribution >= 4 is 6.09 Å². The van der Waals surface area contributed by atoms with Crippen LogP contribution in [-0.4, -0.2) is 67.4 Å². The molecule has 0 bridgehead atoms. The summed E-state index contributed by atoms with van der Waals surface area (Å²) in [4.78, 5) is 17.2. The van der Waals surface area contributed by atoms with Gasteiger partial charge in [0, 0.05) is 25.7 Å². The standard InChI is InChI=1S/C22H38N2O3/c25-22(24-16-12-20(13-17-24)23-14-6-3-7-15-23)27-21-10-4-1-2-8-18-26-19-9-5-11-21/h5,11,20-21H,1-4,6-10,12-19H2. The number of piperidine rings is 2. The second kappa shape index (κ2) is 11.7. The van der Waals surface area contributed by atoms with E-state index in [0.29, 0.717) is 6.04 Å². The molecule has 154 valence electrons. The van der Waals surface area contributed by atoms with Crippen molar-refractivity contribution in [1.82, 2.24) is 9.80 Å². The molecular weight excluding hydrogens is 340 g/mol. The van der Waals surface area contributed by atoms with E-state index < -0.39 is 0 Å². The molecule has 3 aliphatic heterocycles. The van der Waals surface area contributed by atoms with Crippen molar-refractivity contribution < 1.29 is 14.3 Å². The van der Waals surface area contributed by atoms with Crippen molar-refractivity contribution in [3.63, 3.8) is 0 Å². The summed E-state index contributed by atoms with van der Waals surface area (Å²) in [6, 6.07) is 0.663. The average Bonchev–Trinajstić information content (AvgIpc) is 2.71. The molecule has 0 N–H and O–H groups in total. The average molecular weight is 379 g/mol. The van der Waals surface area contributed by atoms with Crippen molar-refractivity contribution in [2.24, 2.45) is 0 Å². The Bertz CT molecular complexity index is 454. The maximum absolute atomic E-state index is 12.7. The highest BCUT2D eigenvalue weighted by Gasteiger charge is 2.29. The highest BCUT2D eigenvalue weighted by Crippen LogP contribution is 2.22. The van der Waals surface area contributed by atoms with Crippen molar-refractivity contribution in [3.8, 4) is 0 Å². The van der Waals surface area contributed by atoms with Gasteiger partial charge in [0.25, 0.3) is 0 Å². The fourth-order valence-corrected chi connectivity index (χ4v) is 4.50. The first-order valence-electron chi connectivity index (χ1n) is 11.3. The van der Waals surface area contributed by atoms with Gasteiger partial charge < -0.3 is 19.3 Å². The van der Waals surface area contributed by atoms with E-state index in [-0.39, 0.29) is 12.2 Å². The van der Waals surface area contributed by atoms with Crippen LogP contribution in [0.5, 0.6) is 0 Å². The monoisotopic (exact) mass is 378 g/mol. The minimum absolute atomic E-state index is 0.0863. The van der Waals surface area contributed by atoms with Crippen molar-refractivity contribution in [2.45, 2.75) is 82.8 Å². The highest BCUT2D eigenvalue weighted by molar-refractivity contribution is 5.68. The van der Waals surface area contributed by atoms with Crippen LogP contribution in [0.3, 0.4) is 0 Å². The largest absolute Gasteiger partial charge is 0.442 e. The molecule has 0 aromatic rings. The zero-order chi connectivity index (χ0) is 18.7. The Kier molecular flexibility index (Phi) is 8.95. The normalized spacial score (nSPS) is 27.6. The third-order valence-corrected chi connectivity index (χ3v) is 6.19. The van der Waals surface area contributed by atoms with Gasteiger partial charge >= 0.3 is 6.09 Å². The number of carbonyl (C=O) groups is 1. The molecule has 1 unspecified atom stereocenters. The molecule has 2 fully saturated rings. The molecule has 0 spiro atoms. The Hall–Kier alpha value is -1.07. The molecular formula is C22H38N2O3. The second-order valence-corrected chi connectivity index (χ2v) is 8.27. The van der Waals surface area contributed by atoms with E-state index >= 15 is 0 Å². The molecule has 5 heteroatoms. The molecule has 5 nitrogen and oxygen atoms in total. The Morgan fingerprint density at radius 1 is 0.852 bits per heavy atom. The van der Waals surface area contributed by atoms with E-state index in [0.717, 1.165) is 64.8 Å². The lowest BCUT2D eigenvalue weighted by molar-refractivity contribution is 0.0508.